The molecule has 0 unspecified atom stereocenters. The van der Waals surface area contributed by atoms with Crippen LogP contribution in [0.15, 0.2) is 0 Å². The monoisotopic (exact) mass is 257 g/mol. The first-order chi connectivity index (χ1) is 8.51. The van der Waals surface area contributed by atoms with E-state index in [0.29, 0.717) is 11.8 Å². The van der Waals surface area contributed by atoms with Crippen LogP contribution >= 0.6 is 0 Å². The lowest BCUT2D eigenvalue weighted by atomic mass is 10.0. The van der Waals surface area contributed by atoms with Crippen LogP contribution in [0.5, 0.6) is 0 Å². The molecule has 4 nitrogen and oxygen atoms in total. The van der Waals surface area contributed by atoms with Crippen molar-refractivity contribution in [3.8, 4) is 0 Å². The number of aliphatic hydroxyl groups excluding tert-OH is 2. The maximum atomic E-state index is 9.51. The van der Waals surface area contributed by atoms with Crippen LogP contribution in [0.3, 0.4) is 0 Å². The van der Waals surface area contributed by atoms with Crippen molar-refractivity contribution in [1.82, 2.24) is 4.90 Å². The summed E-state index contributed by atoms with van der Waals surface area (Å²) in [6.07, 6.45) is 3.20. The van der Waals surface area contributed by atoms with E-state index >= 15 is 0 Å². The molecule has 0 amide bonds. The average Bonchev–Trinajstić information content (AvgIpc) is 2.30. The van der Waals surface area contributed by atoms with Gasteiger partial charge in [0.2, 0.25) is 6.34 Å². The fourth-order valence-electron chi connectivity index (χ4n) is 2.64. The molecule has 0 fully saturated rings. The number of nitrogens with zero attached hydrogens (tertiary/aromatic N) is 2. The second kappa shape index (κ2) is 7.10. The molecule has 1 rings (SSSR count). The highest BCUT2D eigenvalue weighted by Crippen LogP contribution is 2.14. The summed E-state index contributed by atoms with van der Waals surface area (Å²) in [4.78, 5) is 2.24. The molecule has 0 radical (unpaired) electrons. The Bertz CT molecular complexity index is 277. The van der Waals surface area contributed by atoms with Crippen molar-refractivity contribution in [2.24, 2.45) is 11.8 Å². The first-order valence-electron chi connectivity index (χ1n) is 7.09. The summed E-state index contributed by atoms with van der Waals surface area (Å²) in [6.45, 7) is 10.9. The Labute approximate surface area is 111 Å². The first-order valence-corrected chi connectivity index (χ1v) is 7.09. The van der Waals surface area contributed by atoms with Crippen molar-refractivity contribution in [2.75, 3.05) is 26.3 Å². The van der Waals surface area contributed by atoms with E-state index in [-0.39, 0.29) is 25.3 Å². The Hall–Kier alpha value is -0.610. The van der Waals surface area contributed by atoms with Gasteiger partial charge in [-0.25, -0.2) is 0 Å². The minimum absolute atomic E-state index is 0.180. The SMILES string of the molecule is CC(C)[C@@H](CO)N1C=[N+]([C@H](CO)C(C)C)CCC1. The van der Waals surface area contributed by atoms with E-state index in [4.69, 9.17) is 0 Å². The van der Waals surface area contributed by atoms with Crippen LogP contribution in [0, 0.1) is 11.8 Å². The number of aliphatic hydroxyl groups is 2. The van der Waals surface area contributed by atoms with Crippen LogP contribution in [0.1, 0.15) is 34.1 Å². The molecule has 1 heterocycles. The van der Waals surface area contributed by atoms with Gasteiger partial charge in [0, 0.05) is 6.42 Å². The standard InChI is InChI=1S/C14H29N2O2/c1-11(2)13(8-17)15-6-5-7-16(10-15)14(9-18)12(3)4/h10-14,17-18H,5-9H2,1-4H3/q+1/t13-,14-/m1/s1. The molecule has 1 aliphatic heterocycles. The molecule has 0 saturated heterocycles. The Kier molecular flexibility index (Phi) is 6.09. The van der Waals surface area contributed by atoms with Gasteiger partial charge in [0.15, 0.2) is 0 Å². The van der Waals surface area contributed by atoms with E-state index in [1.165, 1.54) is 0 Å². The normalized spacial score (nSPS) is 20.2. The van der Waals surface area contributed by atoms with Gasteiger partial charge < -0.3 is 10.2 Å². The van der Waals surface area contributed by atoms with Gasteiger partial charge in [0.25, 0.3) is 0 Å². The Morgan fingerprint density at radius 3 is 2.22 bits per heavy atom. The molecule has 18 heavy (non-hydrogen) atoms. The van der Waals surface area contributed by atoms with E-state index in [2.05, 4.69) is 43.5 Å². The predicted molar refractivity (Wildman–Crippen MR) is 73.9 cm³/mol. The maximum absolute atomic E-state index is 9.51. The third kappa shape index (κ3) is 3.69. The molecule has 106 valence electrons. The molecule has 0 saturated carbocycles. The number of hydrogen-bond acceptors (Lipinski definition) is 3. The van der Waals surface area contributed by atoms with E-state index < -0.39 is 0 Å². The maximum Gasteiger partial charge on any atom is 0.234 e. The van der Waals surface area contributed by atoms with Crippen molar-refractivity contribution < 1.29 is 14.8 Å². The van der Waals surface area contributed by atoms with Crippen LogP contribution in [0.2, 0.25) is 0 Å². The highest BCUT2D eigenvalue weighted by atomic mass is 16.3. The third-order valence-electron chi connectivity index (χ3n) is 3.89. The number of hydrogen-bond donors (Lipinski definition) is 2. The quantitative estimate of drug-likeness (QED) is 0.691. The fraction of sp³-hybridized carbons (Fsp3) is 0.929. The summed E-state index contributed by atoms with van der Waals surface area (Å²) >= 11 is 0. The zero-order chi connectivity index (χ0) is 13.7. The largest absolute Gasteiger partial charge is 0.392 e. The minimum Gasteiger partial charge on any atom is -0.392 e. The fourth-order valence-corrected chi connectivity index (χ4v) is 2.64. The van der Waals surface area contributed by atoms with E-state index in [9.17, 15) is 10.2 Å². The van der Waals surface area contributed by atoms with Gasteiger partial charge in [-0.15, -0.1) is 0 Å². The Balaban J connectivity index is 2.84. The molecule has 2 N–H and O–H groups in total. The van der Waals surface area contributed by atoms with Crippen LogP contribution in [-0.4, -0.2) is 64.4 Å². The van der Waals surface area contributed by atoms with Crippen LogP contribution in [-0.2, 0) is 0 Å². The highest BCUT2D eigenvalue weighted by Gasteiger charge is 2.30. The van der Waals surface area contributed by atoms with Gasteiger partial charge in [0.1, 0.15) is 12.1 Å². The third-order valence-corrected chi connectivity index (χ3v) is 3.89. The van der Waals surface area contributed by atoms with Crippen molar-refractivity contribution in [3.05, 3.63) is 0 Å². The van der Waals surface area contributed by atoms with Crippen LogP contribution in [0.25, 0.3) is 0 Å². The van der Waals surface area contributed by atoms with Gasteiger partial charge in [0.05, 0.1) is 26.3 Å². The summed E-state index contributed by atoms with van der Waals surface area (Å²) < 4.78 is 2.24. The minimum atomic E-state index is 0.180. The molecule has 0 bridgehead atoms. The van der Waals surface area contributed by atoms with E-state index in [1.54, 1.807) is 0 Å². The summed E-state index contributed by atoms with van der Waals surface area (Å²) in [7, 11) is 0. The molecular weight excluding hydrogens is 228 g/mol. The van der Waals surface area contributed by atoms with Crippen molar-refractivity contribution >= 4 is 6.34 Å². The Morgan fingerprint density at radius 2 is 1.78 bits per heavy atom. The summed E-state index contributed by atoms with van der Waals surface area (Å²) in [5.74, 6) is 0.857. The second-order valence-electron chi connectivity index (χ2n) is 5.93. The van der Waals surface area contributed by atoms with Gasteiger partial charge in [-0.1, -0.05) is 27.7 Å². The molecule has 1 aliphatic rings. The highest BCUT2D eigenvalue weighted by molar-refractivity contribution is 5.50. The lowest BCUT2D eigenvalue weighted by Crippen LogP contribution is -2.50. The smallest absolute Gasteiger partial charge is 0.234 e. The van der Waals surface area contributed by atoms with Crippen molar-refractivity contribution in [3.63, 3.8) is 0 Å². The molecule has 2 atom stereocenters. The first kappa shape index (κ1) is 15.4. The van der Waals surface area contributed by atoms with Gasteiger partial charge >= 0.3 is 0 Å². The molecule has 0 aliphatic carbocycles. The van der Waals surface area contributed by atoms with Crippen LogP contribution < -0.4 is 0 Å². The molecule has 4 heteroatoms. The molecular formula is C14H29N2O2+. The molecule has 0 aromatic rings. The summed E-state index contributed by atoms with van der Waals surface area (Å²) in [5.41, 5.74) is 0. The lowest BCUT2D eigenvalue weighted by molar-refractivity contribution is -0.581. The van der Waals surface area contributed by atoms with Crippen LogP contribution in [0.4, 0.5) is 0 Å². The average molecular weight is 257 g/mol. The topological polar surface area (TPSA) is 46.7 Å². The zero-order valence-electron chi connectivity index (χ0n) is 12.2. The molecule has 0 aromatic carbocycles. The second-order valence-corrected chi connectivity index (χ2v) is 5.93. The zero-order valence-corrected chi connectivity index (χ0v) is 12.2. The number of rotatable bonds is 6. The molecule has 0 spiro atoms. The Morgan fingerprint density at radius 1 is 1.11 bits per heavy atom. The van der Waals surface area contributed by atoms with Crippen molar-refractivity contribution in [2.45, 2.75) is 46.2 Å². The molecule has 0 aromatic heterocycles. The van der Waals surface area contributed by atoms with Gasteiger partial charge in [-0.3, -0.25) is 9.48 Å². The lowest BCUT2D eigenvalue weighted by Gasteiger charge is -2.32. The van der Waals surface area contributed by atoms with Gasteiger partial charge in [-0.05, 0) is 11.8 Å². The van der Waals surface area contributed by atoms with E-state index in [0.717, 1.165) is 19.5 Å². The summed E-state index contributed by atoms with van der Waals surface area (Å²) in [5, 5.41) is 19.0. The van der Waals surface area contributed by atoms with Gasteiger partial charge in [-0.2, -0.15) is 0 Å². The van der Waals surface area contributed by atoms with Crippen molar-refractivity contribution in [1.29, 1.82) is 0 Å². The summed E-state index contributed by atoms with van der Waals surface area (Å²) in [6, 6.07) is 0.360. The predicted octanol–water partition coefficient (Wildman–Crippen LogP) is 0.767. The van der Waals surface area contributed by atoms with E-state index in [1.807, 2.05) is 0 Å².